The lowest BCUT2D eigenvalue weighted by molar-refractivity contribution is -0.275. The van der Waals surface area contributed by atoms with Crippen molar-refractivity contribution in [3.63, 3.8) is 0 Å². The fraction of sp³-hybridized carbons (Fsp3) is 0.207. The molecule has 0 saturated carbocycles. The van der Waals surface area contributed by atoms with Crippen molar-refractivity contribution in [2.45, 2.75) is 38.9 Å². The van der Waals surface area contributed by atoms with Gasteiger partial charge in [-0.3, -0.25) is 0 Å². The van der Waals surface area contributed by atoms with Crippen molar-refractivity contribution in [2.24, 2.45) is 0 Å². The number of halogens is 9. The van der Waals surface area contributed by atoms with Crippen LogP contribution in [0.15, 0.2) is 78.9 Å². The fourth-order valence-corrected chi connectivity index (χ4v) is 4.35. The van der Waals surface area contributed by atoms with E-state index < -0.39 is 31.2 Å². The Morgan fingerprint density at radius 2 is 1.11 bits per heavy atom. The Balaban J connectivity index is 0.000000186. The van der Waals surface area contributed by atoms with Gasteiger partial charge in [-0.25, -0.2) is 14.3 Å². The van der Waals surface area contributed by atoms with Gasteiger partial charge in [-0.05, 0) is 78.7 Å². The molecule has 0 aliphatic carbocycles. The molecule has 0 amide bonds. The van der Waals surface area contributed by atoms with Gasteiger partial charge in [-0.1, -0.05) is 28.6 Å². The van der Waals surface area contributed by atoms with Crippen LogP contribution in [0.3, 0.4) is 0 Å². The number of aryl methyl sites for hydroxylation is 1. The molecule has 0 fully saturated rings. The summed E-state index contributed by atoms with van der Waals surface area (Å²) in [5.41, 5.74) is 4.09. The maximum Gasteiger partial charge on any atom is 0.573 e. The first-order valence-corrected chi connectivity index (χ1v) is 13.4. The quantitative estimate of drug-likeness (QED) is 0.166. The zero-order valence-electron chi connectivity index (χ0n) is 23.8. The lowest BCUT2D eigenvalue weighted by Gasteiger charge is -2.09. The largest absolute Gasteiger partial charge is 0.573 e. The molecule has 0 N–H and O–H groups in total. The van der Waals surface area contributed by atoms with Crippen molar-refractivity contribution in [1.82, 2.24) is 35.0 Å². The summed E-state index contributed by atoms with van der Waals surface area (Å²) in [7, 11) is 0. The molecule has 47 heavy (non-hydrogen) atoms. The van der Waals surface area contributed by atoms with Crippen LogP contribution in [-0.2, 0) is 13.1 Å². The summed E-state index contributed by atoms with van der Waals surface area (Å²) in [6, 6.07) is 19.1. The van der Waals surface area contributed by atoms with Crippen molar-refractivity contribution in [1.29, 1.82) is 0 Å². The second kappa shape index (κ2) is 12.8. The van der Waals surface area contributed by atoms with E-state index in [0.29, 0.717) is 16.8 Å². The zero-order valence-corrected chi connectivity index (χ0v) is 23.8. The normalized spacial score (nSPS) is 12.2. The van der Waals surface area contributed by atoms with E-state index in [1.54, 1.807) is 16.8 Å². The van der Waals surface area contributed by atoms with Gasteiger partial charge >= 0.3 is 18.9 Å². The van der Waals surface area contributed by atoms with E-state index in [0.717, 1.165) is 34.3 Å². The first-order chi connectivity index (χ1) is 22.1. The monoisotopic (exact) mass is 669 g/mol. The van der Waals surface area contributed by atoms with Gasteiger partial charge in [0.05, 0.1) is 11.2 Å². The summed E-state index contributed by atoms with van der Waals surface area (Å²) in [5, 5.41) is 15.1. The number of benzene rings is 3. The van der Waals surface area contributed by atoms with E-state index in [2.05, 4.69) is 35.1 Å². The average Bonchev–Trinajstić information content (AvgIpc) is 3.59. The highest BCUT2D eigenvalue weighted by Gasteiger charge is 2.32. The van der Waals surface area contributed by atoms with Gasteiger partial charge in [0.15, 0.2) is 5.65 Å². The molecule has 0 saturated heterocycles. The third-order valence-electron chi connectivity index (χ3n) is 6.31. The highest BCUT2D eigenvalue weighted by atomic mass is 19.4. The number of nitrogens with zero attached hydrogens (tertiary/aromatic N) is 7. The van der Waals surface area contributed by atoms with Crippen LogP contribution < -0.4 is 9.47 Å². The molecule has 6 rings (SSSR count). The summed E-state index contributed by atoms with van der Waals surface area (Å²) in [6.07, 6.45) is -14.0. The maximum absolute atomic E-state index is 12.5. The van der Waals surface area contributed by atoms with E-state index in [1.165, 1.54) is 36.4 Å². The Kier molecular flexibility index (Phi) is 8.95. The van der Waals surface area contributed by atoms with Crippen LogP contribution >= 0.6 is 0 Å². The van der Waals surface area contributed by atoms with E-state index in [9.17, 15) is 39.5 Å². The molecule has 3 aromatic carbocycles. The van der Waals surface area contributed by atoms with Gasteiger partial charge in [0.2, 0.25) is 0 Å². The molecule has 0 unspecified atom stereocenters. The topological polar surface area (TPSA) is 92.8 Å². The predicted molar refractivity (Wildman–Crippen MR) is 149 cm³/mol. The minimum absolute atomic E-state index is 0.0783. The van der Waals surface area contributed by atoms with Crippen molar-refractivity contribution in [2.75, 3.05) is 0 Å². The van der Waals surface area contributed by atoms with E-state index in [4.69, 9.17) is 0 Å². The second-order valence-corrected chi connectivity index (χ2v) is 9.65. The molecule has 0 aliphatic heterocycles. The number of hydrogen-bond acceptors (Lipinski definition) is 7. The van der Waals surface area contributed by atoms with Crippen LogP contribution in [0, 0.1) is 0 Å². The van der Waals surface area contributed by atoms with Crippen LogP contribution in [0.2, 0.25) is 0 Å². The van der Waals surface area contributed by atoms with Gasteiger partial charge in [0.1, 0.15) is 29.1 Å². The highest BCUT2D eigenvalue weighted by molar-refractivity contribution is 5.81. The smallest absolute Gasteiger partial charge is 0.406 e. The lowest BCUT2D eigenvalue weighted by atomic mass is 10.1. The predicted octanol–water partition coefficient (Wildman–Crippen LogP) is 7.97. The zero-order chi connectivity index (χ0) is 34.0. The standard InChI is InChI=1S/C15H12F3N3O.C14H8F6N4O/c1-2-21-14-9-11(5-8-13(14)19-20-21)10-3-6-12(7-4-10)22-15(16,17)18;15-13(16,17)7-24-12-11(22-23-24)6-5-10(21-12)8-1-3-9(4-2-8)25-14(18,19)20/h3-9H,2H2,1H3;1-6H,7H2. The van der Waals surface area contributed by atoms with Gasteiger partial charge < -0.3 is 9.47 Å². The van der Waals surface area contributed by atoms with E-state index >= 15 is 0 Å². The minimum Gasteiger partial charge on any atom is -0.406 e. The molecular weight excluding hydrogens is 649 g/mol. The van der Waals surface area contributed by atoms with E-state index in [1.807, 2.05) is 25.1 Å². The van der Waals surface area contributed by atoms with Crippen LogP contribution in [-0.4, -0.2) is 53.9 Å². The van der Waals surface area contributed by atoms with Gasteiger partial charge in [-0.2, -0.15) is 13.2 Å². The number of aromatic nitrogens is 7. The van der Waals surface area contributed by atoms with Gasteiger partial charge in [0, 0.05) is 12.1 Å². The average molecular weight is 670 g/mol. The van der Waals surface area contributed by atoms with Crippen LogP contribution in [0.4, 0.5) is 39.5 Å². The number of alkyl halides is 9. The van der Waals surface area contributed by atoms with Crippen LogP contribution in [0.25, 0.3) is 44.6 Å². The van der Waals surface area contributed by atoms with Crippen LogP contribution in [0.5, 0.6) is 11.5 Å². The van der Waals surface area contributed by atoms with Gasteiger partial charge in [0.25, 0.3) is 0 Å². The molecule has 9 nitrogen and oxygen atoms in total. The van der Waals surface area contributed by atoms with Crippen molar-refractivity contribution in [3.8, 4) is 33.9 Å². The Morgan fingerprint density at radius 1 is 0.596 bits per heavy atom. The third kappa shape index (κ3) is 8.65. The van der Waals surface area contributed by atoms with Crippen molar-refractivity contribution >= 4 is 22.2 Å². The number of rotatable bonds is 6. The molecule has 6 aromatic rings. The number of hydrogen-bond donors (Lipinski definition) is 0. The molecule has 3 aromatic heterocycles. The Bertz CT molecular complexity index is 1970. The summed E-state index contributed by atoms with van der Waals surface area (Å²) < 4.78 is 120. The fourth-order valence-electron chi connectivity index (χ4n) is 4.35. The molecule has 0 atom stereocenters. The molecular formula is C29H20F9N7O2. The Hall–Kier alpha value is -5.42. The Labute approximate surface area is 258 Å². The van der Waals surface area contributed by atoms with Crippen molar-refractivity contribution < 1.29 is 49.0 Å². The molecule has 0 bridgehead atoms. The second-order valence-electron chi connectivity index (χ2n) is 9.65. The van der Waals surface area contributed by atoms with Gasteiger partial charge in [-0.15, -0.1) is 36.5 Å². The third-order valence-corrected chi connectivity index (χ3v) is 6.31. The number of ether oxygens (including phenoxy) is 2. The molecule has 0 aliphatic rings. The lowest BCUT2D eigenvalue weighted by Crippen LogP contribution is -2.19. The SMILES string of the molecule is CCn1nnc2ccc(-c3ccc(OC(F)(F)F)cc3)cc21.FC(F)(F)Cn1nnc2ccc(-c3ccc(OC(F)(F)F)cc3)nc21. The first-order valence-electron chi connectivity index (χ1n) is 13.4. The van der Waals surface area contributed by atoms with Crippen LogP contribution in [0.1, 0.15) is 6.92 Å². The summed E-state index contributed by atoms with van der Waals surface area (Å²) in [5.74, 6) is -0.654. The summed E-state index contributed by atoms with van der Waals surface area (Å²) in [4.78, 5) is 4.07. The minimum atomic E-state index is -4.81. The maximum atomic E-state index is 12.5. The first kappa shape index (κ1) is 33.0. The van der Waals surface area contributed by atoms with E-state index in [-0.39, 0.29) is 22.6 Å². The number of fused-ring (bicyclic) bond motifs is 2. The molecule has 246 valence electrons. The molecule has 18 heteroatoms. The summed E-state index contributed by atoms with van der Waals surface area (Å²) >= 11 is 0. The Morgan fingerprint density at radius 3 is 1.66 bits per heavy atom. The number of pyridine rings is 1. The molecule has 0 radical (unpaired) electrons. The molecule has 3 heterocycles. The highest BCUT2D eigenvalue weighted by Crippen LogP contribution is 2.29. The summed E-state index contributed by atoms with van der Waals surface area (Å²) in [6.45, 7) is 1.31. The molecule has 0 spiro atoms. The van der Waals surface area contributed by atoms with Crippen molar-refractivity contribution in [3.05, 3.63) is 78.9 Å².